The lowest BCUT2D eigenvalue weighted by atomic mass is 9.79. The van der Waals surface area contributed by atoms with Gasteiger partial charge in [0.2, 0.25) is 5.88 Å². The van der Waals surface area contributed by atoms with Gasteiger partial charge in [0.25, 0.3) is 0 Å². The summed E-state index contributed by atoms with van der Waals surface area (Å²) < 4.78 is 10.1. The van der Waals surface area contributed by atoms with Crippen LogP contribution in [0.25, 0.3) is 0 Å². The lowest BCUT2D eigenvalue weighted by molar-refractivity contribution is 0.204. The van der Waals surface area contributed by atoms with Crippen molar-refractivity contribution in [2.75, 3.05) is 12.0 Å². The minimum atomic E-state index is -1.24. The molecule has 0 spiro atoms. The summed E-state index contributed by atoms with van der Waals surface area (Å²) in [5.74, 6) is 0.138. The standard InChI is InChI=1S/C15H12BN3O5/c1-23-14-9(7-17)2-5-13(18-14)19(15(20)21)11-3-4-12-10(6-11)8-24-16(12)22/h2-6,22H,8H2,1H3,(H,20,21). The van der Waals surface area contributed by atoms with Crippen LogP contribution in [0.2, 0.25) is 0 Å². The van der Waals surface area contributed by atoms with E-state index in [4.69, 9.17) is 14.7 Å². The summed E-state index contributed by atoms with van der Waals surface area (Å²) in [6, 6.07) is 9.57. The number of nitriles is 1. The molecule has 3 rings (SSSR count). The number of ether oxygens (including phenoxy) is 1. The number of aromatic nitrogens is 1. The molecule has 2 aromatic rings. The lowest BCUT2D eigenvalue weighted by Gasteiger charge is -2.19. The number of benzene rings is 1. The largest absolute Gasteiger partial charge is 0.491 e. The summed E-state index contributed by atoms with van der Waals surface area (Å²) in [4.78, 5) is 16.8. The number of hydrogen-bond donors (Lipinski definition) is 2. The van der Waals surface area contributed by atoms with Gasteiger partial charge in [0, 0.05) is 0 Å². The monoisotopic (exact) mass is 325 g/mol. The van der Waals surface area contributed by atoms with Gasteiger partial charge in [0.05, 0.1) is 19.4 Å². The van der Waals surface area contributed by atoms with E-state index in [9.17, 15) is 14.9 Å². The van der Waals surface area contributed by atoms with Crippen LogP contribution in [0.5, 0.6) is 5.88 Å². The van der Waals surface area contributed by atoms with E-state index in [1.165, 1.54) is 19.2 Å². The molecule has 1 amide bonds. The van der Waals surface area contributed by atoms with Crippen molar-refractivity contribution >= 4 is 30.2 Å². The minimum Gasteiger partial charge on any atom is -0.480 e. The molecule has 0 aliphatic carbocycles. The van der Waals surface area contributed by atoms with Gasteiger partial charge >= 0.3 is 13.2 Å². The molecule has 0 saturated carbocycles. The molecule has 0 bridgehead atoms. The van der Waals surface area contributed by atoms with E-state index in [0.29, 0.717) is 16.7 Å². The first-order valence-electron chi connectivity index (χ1n) is 6.96. The number of fused-ring (bicyclic) bond motifs is 1. The zero-order valence-corrected chi connectivity index (χ0v) is 12.6. The Balaban J connectivity index is 2.06. The molecule has 1 aromatic heterocycles. The van der Waals surface area contributed by atoms with Crippen LogP contribution in [0, 0.1) is 11.3 Å². The fourth-order valence-electron chi connectivity index (χ4n) is 2.49. The molecule has 1 aliphatic rings. The fourth-order valence-corrected chi connectivity index (χ4v) is 2.49. The van der Waals surface area contributed by atoms with Crippen LogP contribution in [0.15, 0.2) is 30.3 Å². The Morgan fingerprint density at radius 3 is 2.92 bits per heavy atom. The predicted molar refractivity (Wildman–Crippen MR) is 84.5 cm³/mol. The molecule has 24 heavy (non-hydrogen) atoms. The van der Waals surface area contributed by atoms with E-state index in [2.05, 4.69) is 4.98 Å². The van der Waals surface area contributed by atoms with Crippen LogP contribution >= 0.6 is 0 Å². The van der Waals surface area contributed by atoms with Crippen LogP contribution in [0.1, 0.15) is 11.1 Å². The van der Waals surface area contributed by atoms with E-state index in [1.54, 1.807) is 18.2 Å². The number of pyridine rings is 1. The van der Waals surface area contributed by atoms with Crippen LogP contribution < -0.4 is 15.1 Å². The number of methoxy groups -OCH3 is 1. The van der Waals surface area contributed by atoms with Gasteiger partial charge in [-0.2, -0.15) is 10.2 Å². The van der Waals surface area contributed by atoms with Gasteiger partial charge in [0.1, 0.15) is 17.5 Å². The average molecular weight is 325 g/mol. The van der Waals surface area contributed by atoms with Gasteiger partial charge in [-0.1, -0.05) is 6.07 Å². The van der Waals surface area contributed by atoms with Crippen molar-refractivity contribution in [1.82, 2.24) is 4.98 Å². The van der Waals surface area contributed by atoms with Gasteiger partial charge in [-0.25, -0.2) is 9.69 Å². The summed E-state index contributed by atoms with van der Waals surface area (Å²) >= 11 is 0. The first-order chi connectivity index (χ1) is 11.5. The van der Waals surface area contributed by atoms with Gasteiger partial charge in [-0.05, 0) is 35.3 Å². The fraction of sp³-hybridized carbons (Fsp3) is 0.133. The Kier molecular flexibility index (Phi) is 4.08. The molecular formula is C15H12BN3O5. The second-order valence-electron chi connectivity index (χ2n) is 5.00. The van der Waals surface area contributed by atoms with E-state index in [1.807, 2.05) is 6.07 Å². The Morgan fingerprint density at radius 2 is 2.25 bits per heavy atom. The van der Waals surface area contributed by atoms with Crippen LogP contribution in [0.4, 0.5) is 16.3 Å². The van der Waals surface area contributed by atoms with Crippen molar-refractivity contribution in [1.29, 1.82) is 5.26 Å². The number of nitrogens with zero attached hydrogens (tertiary/aromatic N) is 3. The first-order valence-corrected chi connectivity index (χ1v) is 6.96. The maximum Gasteiger partial charge on any atom is 0.491 e. The molecule has 8 nitrogen and oxygen atoms in total. The van der Waals surface area contributed by atoms with Crippen LogP contribution in [-0.4, -0.2) is 35.4 Å². The molecule has 0 unspecified atom stereocenters. The third-order valence-electron chi connectivity index (χ3n) is 3.63. The number of anilines is 2. The highest BCUT2D eigenvalue weighted by Gasteiger charge is 2.29. The highest BCUT2D eigenvalue weighted by molar-refractivity contribution is 6.61. The van der Waals surface area contributed by atoms with Gasteiger partial charge in [-0.3, -0.25) is 0 Å². The summed E-state index contributed by atoms with van der Waals surface area (Å²) in [6.07, 6.45) is -1.24. The third kappa shape index (κ3) is 2.64. The molecule has 9 heteroatoms. The number of carbonyl (C=O) groups is 1. The summed E-state index contributed by atoms with van der Waals surface area (Å²) in [5.41, 5.74) is 1.86. The highest BCUT2D eigenvalue weighted by Crippen LogP contribution is 2.28. The second kappa shape index (κ2) is 6.19. The number of rotatable bonds is 3. The molecule has 2 N–H and O–H groups in total. The lowest BCUT2D eigenvalue weighted by Crippen LogP contribution is -2.29. The van der Waals surface area contributed by atoms with Gasteiger partial charge in [0.15, 0.2) is 0 Å². The summed E-state index contributed by atoms with van der Waals surface area (Å²) in [7, 11) is 0.354. The molecule has 2 heterocycles. The molecule has 0 radical (unpaired) electrons. The number of carboxylic acid groups (broad SMARTS) is 1. The summed E-state index contributed by atoms with van der Waals surface area (Å²) in [5, 5.41) is 28.2. The SMILES string of the molecule is COc1nc(N(C(=O)O)c2ccc3c(c2)COB3O)ccc1C#N. The number of amides is 1. The topological polar surface area (TPSA) is 116 Å². The second-order valence-corrected chi connectivity index (χ2v) is 5.00. The van der Waals surface area contributed by atoms with E-state index >= 15 is 0 Å². The van der Waals surface area contributed by atoms with Crippen LogP contribution in [-0.2, 0) is 11.3 Å². The van der Waals surface area contributed by atoms with Crippen LogP contribution in [0.3, 0.4) is 0 Å². The zero-order chi connectivity index (χ0) is 17.3. The zero-order valence-electron chi connectivity index (χ0n) is 12.6. The van der Waals surface area contributed by atoms with Crippen molar-refractivity contribution in [3.63, 3.8) is 0 Å². The van der Waals surface area contributed by atoms with Gasteiger partial charge in [-0.15, -0.1) is 0 Å². The Hall–Kier alpha value is -3.09. The summed E-state index contributed by atoms with van der Waals surface area (Å²) in [6.45, 7) is 0.196. The van der Waals surface area contributed by atoms with Crippen molar-refractivity contribution in [3.8, 4) is 11.9 Å². The van der Waals surface area contributed by atoms with E-state index in [-0.39, 0.29) is 23.9 Å². The quantitative estimate of drug-likeness (QED) is 0.809. The average Bonchev–Trinajstić information content (AvgIpc) is 2.95. The molecule has 0 fully saturated rings. The molecular weight excluding hydrogens is 313 g/mol. The van der Waals surface area contributed by atoms with Gasteiger partial charge < -0.3 is 19.5 Å². The Labute approximate surface area is 137 Å². The van der Waals surface area contributed by atoms with E-state index < -0.39 is 13.2 Å². The molecule has 1 aromatic carbocycles. The normalized spacial score (nSPS) is 12.5. The highest BCUT2D eigenvalue weighted by atomic mass is 16.5. The Bertz CT molecular complexity index is 851. The smallest absolute Gasteiger partial charge is 0.480 e. The van der Waals surface area contributed by atoms with E-state index in [0.717, 1.165) is 4.90 Å². The predicted octanol–water partition coefficient (Wildman–Crippen LogP) is 0.996. The number of hydrogen-bond acceptors (Lipinski definition) is 6. The third-order valence-corrected chi connectivity index (χ3v) is 3.63. The molecule has 120 valence electrons. The maximum absolute atomic E-state index is 11.7. The first kappa shape index (κ1) is 15.8. The Morgan fingerprint density at radius 1 is 1.46 bits per heavy atom. The van der Waals surface area contributed by atoms with Crippen molar-refractivity contribution < 1.29 is 24.3 Å². The molecule has 1 aliphatic heterocycles. The molecule has 0 saturated heterocycles. The minimum absolute atomic E-state index is 0.0427. The van der Waals surface area contributed by atoms with Crippen molar-refractivity contribution in [3.05, 3.63) is 41.5 Å². The maximum atomic E-state index is 11.7. The molecule has 0 atom stereocenters. The van der Waals surface area contributed by atoms with Crippen molar-refractivity contribution in [2.45, 2.75) is 6.61 Å². The van der Waals surface area contributed by atoms with Crippen molar-refractivity contribution in [2.24, 2.45) is 0 Å².